The maximum absolute atomic E-state index is 15.1. The topological polar surface area (TPSA) is 11.4 Å². The van der Waals surface area contributed by atoms with E-state index >= 15 is 4.39 Å². The van der Waals surface area contributed by atoms with Gasteiger partial charge in [0.1, 0.15) is 11.6 Å². The fraction of sp³-hybridized carbons (Fsp3) is 0.127. The van der Waals surface area contributed by atoms with E-state index in [4.69, 9.17) is 0 Å². The van der Waals surface area contributed by atoms with Gasteiger partial charge >= 0.3 is 0 Å². The van der Waals surface area contributed by atoms with Crippen molar-refractivity contribution in [1.29, 1.82) is 0 Å². The predicted molar refractivity (Wildman–Crippen MR) is 313 cm³/mol. The average Bonchev–Trinajstić information content (AvgIpc) is 3.79. The molecule has 76 heavy (non-hydrogen) atoms. The zero-order valence-corrected chi connectivity index (χ0v) is 43.5. The van der Waals surface area contributed by atoms with Gasteiger partial charge in [-0.15, -0.1) is 0 Å². The molecule has 11 aromatic carbocycles. The number of anilines is 6. The highest BCUT2D eigenvalue weighted by molar-refractivity contribution is 6.18. The van der Waals surface area contributed by atoms with Crippen molar-refractivity contribution in [1.82, 2.24) is 4.57 Å². The minimum Gasteiger partial charge on any atom is -0.310 e. The first kappa shape index (κ1) is 45.8. The van der Waals surface area contributed by atoms with Gasteiger partial charge in [0.15, 0.2) is 0 Å². The fourth-order valence-corrected chi connectivity index (χ4v) is 12.8. The molecule has 2 heterocycles. The summed E-state index contributed by atoms with van der Waals surface area (Å²) in [6, 6.07) is 78.9. The molecule has 0 N–H and O–H groups in total. The van der Waals surface area contributed by atoms with Crippen LogP contribution in [0.4, 0.5) is 42.9 Å². The molecule has 0 fully saturated rings. The van der Waals surface area contributed by atoms with E-state index in [1.807, 2.05) is 24.3 Å². The van der Waals surface area contributed by atoms with Gasteiger partial charge in [-0.05, 0) is 186 Å². The molecule has 1 aromatic heterocycles. The maximum atomic E-state index is 15.1. The Balaban J connectivity index is 1.14. The van der Waals surface area contributed by atoms with E-state index in [9.17, 15) is 4.39 Å². The summed E-state index contributed by atoms with van der Waals surface area (Å²) in [7, 11) is 0. The molecular formula is C71H55F2N3. The van der Waals surface area contributed by atoms with E-state index in [-0.39, 0.29) is 22.5 Å². The molecular weight excluding hydrogens is 933 g/mol. The summed E-state index contributed by atoms with van der Waals surface area (Å²) < 4.78 is 32.4. The molecule has 5 heteroatoms. The number of halogens is 2. The molecule has 1 aliphatic carbocycles. The van der Waals surface area contributed by atoms with Gasteiger partial charge in [0, 0.05) is 44.9 Å². The summed E-state index contributed by atoms with van der Waals surface area (Å²) in [6.07, 6.45) is 0. The van der Waals surface area contributed by atoms with Crippen LogP contribution in [-0.2, 0) is 16.2 Å². The molecule has 1 aliphatic heterocycles. The molecule has 0 amide bonds. The van der Waals surface area contributed by atoms with Gasteiger partial charge in [0.2, 0.25) is 0 Å². The Hall–Kier alpha value is -8.80. The average molecular weight is 988 g/mol. The summed E-state index contributed by atoms with van der Waals surface area (Å²) in [6.45, 7) is 13.4. The third kappa shape index (κ3) is 6.77. The van der Waals surface area contributed by atoms with Crippen LogP contribution in [0, 0.1) is 11.6 Å². The molecule has 0 saturated heterocycles. The number of fused-ring (bicyclic) bond motifs is 16. The maximum Gasteiger partial charge on any atom is 0.123 e. The lowest BCUT2D eigenvalue weighted by Crippen LogP contribution is -2.33. The molecule has 0 bridgehead atoms. The first-order valence-electron chi connectivity index (χ1n) is 26.4. The van der Waals surface area contributed by atoms with Crippen molar-refractivity contribution in [2.45, 2.75) is 57.8 Å². The van der Waals surface area contributed by atoms with Crippen LogP contribution in [0.1, 0.15) is 74.9 Å². The lowest BCUT2D eigenvalue weighted by molar-refractivity contribution is 0.590. The summed E-state index contributed by atoms with van der Waals surface area (Å²) in [5.41, 5.74) is 17.8. The Morgan fingerprint density at radius 3 is 1.30 bits per heavy atom. The van der Waals surface area contributed by atoms with Crippen molar-refractivity contribution in [3.05, 3.63) is 269 Å². The molecule has 0 unspecified atom stereocenters. The van der Waals surface area contributed by atoms with Gasteiger partial charge < -0.3 is 14.4 Å². The number of aromatic nitrogens is 1. The number of benzene rings is 11. The normalized spacial score (nSPS) is 13.4. The lowest BCUT2D eigenvalue weighted by atomic mass is 9.65. The Kier molecular flexibility index (Phi) is 10.0. The van der Waals surface area contributed by atoms with Gasteiger partial charge in [0.25, 0.3) is 0 Å². The molecule has 3 nitrogen and oxygen atoms in total. The number of hydrogen-bond donors (Lipinski definition) is 0. The summed E-state index contributed by atoms with van der Waals surface area (Å²) in [4.78, 5) is 4.53. The third-order valence-corrected chi connectivity index (χ3v) is 16.4. The SMILES string of the molecule is CC(C)(C)c1ccc(N(c2ccc(F)cc2)c2ccc3c(c2)c2cc(N(c4ccc(F)cc4)c4ccc(C(C)(C)C)cc4)cc4c2n3-c2ccccc2C42c3ccc4ccccc4c3-c3c2ccc2ccccc32)cc1. The third-order valence-electron chi connectivity index (χ3n) is 16.4. The van der Waals surface area contributed by atoms with Crippen LogP contribution in [0.2, 0.25) is 0 Å². The molecule has 14 rings (SSSR count). The standard InChI is InChI=1S/C71H55F2N3/c1-69(2,3)46-21-29-50(30-22-46)74(52-33-25-48(72)26-34-52)54-37-40-64-58(41-54)59-42-55(75(53-35-27-49(73)28-36-53)51-31-23-47(24-32-51)70(4,5)6)43-63-68(59)76(64)65-18-12-11-17-60(65)71(63)61-38-19-44-13-7-9-15-56(44)66(61)67-57-16-10-8-14-45(57)20-39-62(67)71/h7-43H,1-6H3. The van der Waals surface area contributed by atoms with Gasteiger partial charge in [-0.25, -0.2) is 8.78 Å². The Morgan fingerprint density at radius 1 is 0.355 bits per heavy atom. The highest BCUT2D eigenvalue weighted by atomic mass is 19.1. The first-order valence-corrected chi connectivity index (χ1v) is 26.4. The van der Waals surface area contributed by atoms with E-state index < -0.39 is 5.41 Å². The zero-order valence-electron chi connectivity index (χ0n) is 43.5. The minimum atomic E-state index is -0.781. The Labute approximate surface area is 442 Å². The number of nitrogens with zero attached hydrogens (tertiary/aromatic N) is 3. The zero-order chi connectivity index (χ0) is 51.8. The predicted octanol–water partition coefficient (Wildman–Crippen LogP) is 19.6. The van der Waals surface area contributed by atoms with Crippen LogP contribution >= 0.6 is 0 Å². The molecule has 2 aliphatic rings. The lowest BCUT2D eigenvalue weighted by Gasteiger charge is -2.40. The number of rotatable bonds is 6. The Bertz CT molecular complexity index is 4220. The van der Waals surface area contributed by atoms with E-state index in [1.54, 1.807) is 12.1 Å². The van der Waals surface area contributed by atoms with Crippen LogP contribution in [0.5, 0.6) is 0 Å². The summed E-state index contributed by atoms with van der Waals surface area (Å²) >= 11 is 0. The van der Waals surface area contributed by atoms with E-state index in [1.165, 1.54) is 72.6 Å². The highest BCUT2D eigenvalue weighted by Gasteiger charge is 2.52. The second-order valence-electron chi connectivity index (χ2n) is 22.8. The van der Waals surface area contributed by atoms with Crippen LogP contribution in [0.15, 0.2) is 224 Å². The molecule has 0 saturated carbocycles. The van der Waals surface area contributed by atoms with Crippen molar-refractivity contribution in [2.75, 3.05) is 9.80 Å². The van der Waals surface area contributed by atoms with Gasteiger partial charge in [-0.3, -0.25) is 0 Å². The monoisotopic (exact) mass is 987 g/mol. The molecule has 0 radical (unpaired) electrons. The smallest absolute Gasteiger partial charge is 0.123 e. The number of hydrogen-bond acceptors (Lipinski definition) is 2. The minimum absolute atomic E-state index is 0.0354. The van der Waals surface area contributed by atoms with Gasteiger partial charge in [-0.1, -0.05) is 157 Å². The second kappa shape index (κ2) is 16.6. The van der Waals surface area contributed by atoms with Crippen molar-refractivity contribution in [3.63, 3.8) is 0 Å². The first-order chi connectivity index (χ1) is 36.8. The summed E-state index contributed by atoms with van der Waals surface area (Å²) in [5, 5.41) is 6.98. The Morgan fingerprint density at radius 2 is 0.789 bits per heavy atom. The van der Waals surface area contributed by atoms with Crippen LogP contribution in [0.25, 0.3) is 60.2 Å². The number of para-hydroxylation sites is 1. The van der Waals surface area contributed by atoms with Crippen LogP contribution in [-0.4, -0.2) is 4.57 Å². The summed E-state index contributed by atoms with van der Waals surface area (Å²) in [5.74, 6) is -0.577. The fourth-order valence-electron chi connectivity index (χ4n) is 12.8. The van der Waals surface area contributed by atoms with E-state index in [0.717, 1.165) is 67.2 Å². The molecule has 0 atom stereocenters. The van der Waals surface area contributed by atoms with Gasteiger partial charge in [-0.2, -0.15) is 0 Å². The molecule has 12 aromatic rings. The van der Waals surface area contributed by atoms with Gasteiger partial charge in [0.05, 0.1) is 22.1 Å². The van der Waals surface area contributed by atoms with Crippen molar-refractivity contribution in [2.24, 2.45) is 0 Å². The van der Waals surface area contributed by atoms with Crippen molar-refractivity contribution < 1.29 is 8.78 Å². The van der Waals surface area contributed by atoms with E-state index in [2.05, 4.69) is 232 Å². The second-order valence-corrected chi connectivity index (χ2v) is 22.8. The van der Waals surface area contributed by atoms with E-state index in [0.29, 0.717) is 0 Å². The van der Waals surface area contributed by atoms with Crippen LogP contribution in [0.3, 0.4) is 0 Å². The van der Waals surface area contributed by atoms with Crippen LogP contribution < -0.4 is 9.80 Å². The quantitative estimate of drug-likeness (QED) is 0.164. The molecule has 1 spiro atoms. The largest absolute Gasteiger partial charge is 0.310 e. The van der Waals surface area contributed by atoms with Crippen molar-refractivity contribution >= 4 is 77.5 Å². The molecule has 368 valence electrons. The highest BCUT2D eigenvalue weighted by Crippen LogP contribution is 2.64. The van der Waals surface area contributed by atoms with Crippen molar-refractivity contribution in [3.8, 4) is 16.8 Å².